The number of ketones is 1. The van der Waals surface area contributed by atoms with Crippen LogP contribution in [0.4, 0.5) is 22.7 Å². The van der Waals surface area contributed by atoms with Gasteiger partial charge in [0.15, 0.2) is 5.78 Å². The SMILES string of the molecule is O=C=Nc1ccc(N2C(=O)c3ccc(C(=O)c4ccc5c(c4)C(=O)N(c4ccc(N=C=O)cc4)C5=O)cc3C2=O)cc1. The van der Waals surface area contributed by atoms with Gasteiger partial charge in [0.25, 0.3) is 23.6 Å². The van der Waals surface area contributed by atoms with E-state index in [1.807, 2.05) is 0 Å². The molecule has 2 aliphatic rings. The van der Waals surface area contributed by atoms with Gasteiger partial charge in [0, 0.05) is 11.1 Å². The van der Waals surface area contributed by atoms with Crippen LogP contribution >= 0.6 is 0 Å². The van der Waals surface area contributed by atoms with Gasteiger partial charge in [-0.05, 0) is 72.8 Å². The molecule has 0 unspecified atom stereocenters. The van der Waals surface area contributed by atoms with E-state index >= 15 is 0 Å². The van der Waals surface area contributed by atoms with Gasteiger partial charge in [0.1, 0.15) is 0 Å². The summed E-state index contributed by atoms with van der Waals surface area (Å²) in [6, 6.07) is 19.9. The van der Waals surface area contributed by atoms with E-state index in [2.05, 4.69) is 9.98 Å². The van der Waals surface area contributed by atoms with Crippen molar-refractivity contribution in [1.82, 2.24) is 0 Å². The Hall–Kier alpha value is -6.41. The molecular formula is C31H14N4O7. The molecule has 200 valence electrons. The number of fused-ring (bicyclic) bond motifs is 2. The number of imide groups is 2. The van der Waals surface area contributed by atoms with Gasteiger partial charge in [-0.15, -0.1) is 0 Å². The maximum absolute atomic E-state index is 13.4. The van der Waals surface area contributed by atoms with Crippen LogP contribution in [0.3, 0.4) is 0 Å². The van der Waals surface area contributed by atoms with Crippen molar-refractivity contribution in [3.63, 3.8) is 0 Å². The molecule has 0 spiro atoms. The quantitative estimate of drug-likeness (QED) is 0.148. The molecule has 11 nitrogen and oxygen atoms in total. The number of hydrogen-bond acceptors (Lipinski definition) is 9. The molecule has 0 saturated carbocycles. The second kappa shape index (κ2) is 9.96. The van der Waals surface area contributed by atoms with Crippen LogP contribution < -0.4 is 9.80 Å². The Morgan fingerprint density at radius 3 is 1.21 bits per heavy atom. The Morgan fingerprint density at radius 1 is 0.500 bits per heavy atom. The second-order valence-electron chi connectivity index (χ2n) is 9.18. The lowest BCUT2D eigenvalue weighted by Crippen LogP contribution is -2.29. The summed E-state index contributed by atoms with van der Waals surface area (Å²) >= 11 is 0. The van der Waals surface area contributed by atoms with Crippen LogP contribution in [0.1, 0.15) is 57.4 Å². The molecule has 6 rings (SSSR count). The van der Waals surface area contributed by atoms with Gasteiger partial charge in [0.2, 0.25) is 12.2 Å². The Balaban J connectivity index is 1.28. The molecule has 0 aromatic heterocycles. The minimum absolute atomic E-state index is 0.0294. The number of carbonyl (C=O) groups excluding carboxylic acids is 7. The minimum atomic E-state index is -0.633. The Kier molecular flexibility index (Phi) is 6.13. The van der Waals surface area contributed by atoms with Crippen LogP contribution in [0, 0.1) is 0 Å². The number of aliphatic imine (C=N–C) groups is 2. The highest BCUT2D eigenvalue weighted by atomic mass is 16.2. The van der Waals surface area contributed by atoms with Crippen molar-refractivity contribution in [3.05, 3.63) is 118 Å². The third kappa shape index (κ3) is 4.07. The topological polar surface area (TPSA) is 151 Å². The molecule has 2 heterocycles. The predicted octanol–water partition coefficient (Wildman–Crippen LogP) is 4.45. The average molecular weight is 554 g/mol. The number of rotatable bonds is 6. The fraction of sp³-hybridized carbons (Fsp3) is 0. The van der Waals surface area contributed by atoms with E-state index in [0.717, 1.165) is 9.80 Å². The van der Waals surface area contributed by atoms with Crippen LogP contribution in [0.25, 0.3) is 0 Å². The van der Waals surface area contributed by atoms with Crippen molar-refractivity contribution >= 4 is 64.3 Å². The van der Waals surface area contributed by atoms with Gasteiger partial charge in [-0.25, -0.2) is 19.4 Å². The second-order valence-corrected chi connectivity index (χ2v) is 9.18. The molecule has 0 atom stereocenters. The van der Waals surface area contributed by atoms with E-state index in [9.17, 15) is 33.6 Å². The zero-order valence-electron chi connectivity index (χ0n) is 21.2. The molecule has 0 fully saturated rings. The van der Waals surface area contributed by atoms with E-state index < -0.39 is 29.4 Å². The van der Waals surface area contributed by atoms with Crippen LogP contribution in [0.15, 0.2) is 94.9 Å². The summed E-state index contributed by atoms with van der Waals surface area (Å²) in [7, 11) is 0. The van der Waals surface area contributed by atoms with Gasteiger partial charge < -0.3 is 0 Å². The first-order valence-corrected chi connectivity index (χ1v) is 12.3. The maximum atomic E-state index is 13.4. The van der Waals surface area contributed by atoms with Crippen LogP contribution in [-0.2, 0) is 9.59 Å². The minimum Gasteiger partial charge on any atom is -0.289 e. The number of amides is 4. The smallest absolute Gasteiger partial charge is 0.266 e. The van der Waals surface area contributed by atoms with Crippen LogP contribution in [-0.4, -0.2) is 41.6 Å². The molecule has 0 aliphatic carbocycles. The highest BCUT2D eigenvalue weighted by Gasteiger charge is 2.39. The third-order valence-corrected chi connectivity index (χ3v) is 6.86. The van der Waals surface area contributed by atoms with Gasteiger partial charge in [-0.3, -0.25) is 24.0 Å². The fourth-order valence-electron chi connectivity index (χ4n) is 4.86. The molecule has 42 heavy (non-hydrogen) atoms. The van der Waals surface area contributed by atoms with Crippen molar-refractivity contribution in [2.45, 2.75) is 0 Å². The number of anilines is 2. The first-order valence-electron chi connectivity index (χ1n) is 12.3. The molecule has 2 aliphatic heterocycles. The van der Waals surface area contributed by atoms with Crippen molar-refractivity contribution in [2.75, 3.05) is 9.80 Å². The van der Waals surface area contributed by atoms with Crippen molar-refractivity contribution < 1.29 is 33.6 Å². The summed E-state index contributed by atoms with van der Waals surface area (Å²) in [5.74, 6) is -2.94. The lowest BCUT2D eigenvalue weighted by atomic mass is 9.96. The average Bonchev–Trinajstić information content (AvgIpc) is 3.41. The van der Waals surface area contributed by atoms with E-state index in [1.54, 1.807) is 0 Å². The molecule has 0 saturated heterocycles. The van der Waals surface area contributed by atoms with Crippen molar-refractivity contribution in [3.8, 4) is 0 Å². The lowest BCUT2D eigenvalue weighted by Gasteiger charge is -2.13. The summed E-state index contributed by atoms with van der Waals surface area (Å²) in [5.41, 5.74) is 1.62. The Bertz CT molecular complexity index is 1840. The molecule has 0 bridgehead atoms. The van der Waals surface area contributed by atoms with E-state index in [1.165, 1.54) is 97.1 Å². The van der Waals surface area contributed by atoms with Crippen LogP contribution in [0.5, 0.6) is 0 Å². The molecule has 4 aromatic carbocycles. The zero-order chi connectivity index (χ0) is 29.5. The first kappa shape index (κ1) is 25.8. The van der Waals surface area contributed by atoms with Gasteiger partial charge in [-0.2, -0.15) is 9.98 Å². The van der Waals surface area contributed by atoms with Gasteiger partial charge in [-0.1, -0.05) is 12.1 Å². The monoisotopic (exact) mass is 554 g/mol. The highest BCUT2D eigenvalue weighted by molar-refractivity contribution is 6.36. The number of isocyanates is 2. The normalized spacial score (nSPS) is 13.4. The third-order valence-electron chi connectivity index (χ3n) is 6.86. The molecule has 11 heteroatoms. The predicted molar refractivity (Wildman–Crippen MR) is 147 cm³/mol. The van der Waals surface area contributed by atoms with E-state index in [-0.39, 0.29) is 44.8 Å². The summed E-state index contributed by atoms with van der Waals surface area (Å²) in [4.78, 5) is 95.6. The van der Waals surface area contributed by atoms with E-state index in [4.69, 9.17) is 0 Å². The molecule has 0 N–H and O–H groups in total. The summed E-state index contributed by atoms with van der Waals surface area (Å²) in [6.07, 6.45) is 2.83. The largest absolute Gasteiger partial charge is 0.289 e. The fourth-order valence-corrected chi connectivity index (χ4v) is 4.86. The molecule has 0 radical (unpaired) electrons. The number of benzene rings is 4. The molecular weight excluding hydrogens is 540 g/mol. The summed E-state index contributed by atoms with van der Waals surface area (Å²) in [6.45, 7) is 0. The first-order chi connectivity index (χ1) is 20.3. The number of nitrogens with zero attached hydrogens (tertiary/aromatic N) is 4. The Morgan fingerprint density at radius 2 is 0.857 bits per heavy atom. The summed E-state index contributed by atoms with van der Waals surface area (Å²) < 4.78 is 0. The molecule has 4 amide bonds. The van der Waals surface area contributed by atoms with Gasteiger partial charge >= 0.3 is 0 Å². The van der Waals surface area contributed by atoms with E-state index in [0.29, 0.717) is 11.4 Å². The number of hydrogen-bond donors (Lipinski definition) is 0. The summed E-state index contributed by atoms with van der Waals surface area (Å²) in [5, 5.41) is 0. The maximum Gasteiger partial charge on any atom is 0.266 e. The van der Waals surface area contributed by atoms with Crippen LogP contribution in [0.2, 0.25) is 0 Å². The standard InChI is InChI=1S/C31H14N4O7/c36-15-32-19-3-7-21(8-4-19)34-28(39)23-11-1-17(13-25(23)30(34)41)27(38)18-2-12-24-26(14-18)31(42)35(29(24)40)22-9-5-20(6-10-22)33-16-37/h1-14H. The molecule has 4 aromatic rings. The lowest BCUT2D eigenvalue weighted by molar-refractivity contribution is 0.0910. The zero-order valence-corrected chi connectivity index (χ0v) is 21.2. The Labute approximate surface area is 236 Å². The highest BCUT2D eigenvalue weighted by Crippen LogP contribution is 2.33. The van der Waals surface area contributed by atoms with Gasteiger partial charge in [0.05, 0.1) is 45.0 Å². The van der Waals surface area contributed by atoms with Crippen molar-refractivity contribution in [1.29, 1.82) is 0 Å². The van der Waals surface area contributed by atoms with Crippen molar-refractivity contribution in [2.24, 2.45) is 9.98 Å². The number of carbonyl (C=O) groups is 5.